The van der Waals surface area contributed by atoms with Gasteiger partial charge in [0.05, 0.1) is 4.92 Å². The molecule has 0 aromatic heterocycles. The first kappa shape index (κ1) is 13.1. The average molecular weight is 237 g/mol. The van der Waals surface area contributed by atoms with E-state index in [1.165, 1.54) is 12.1 Å². The molecule has 0 spiro atoms. The van der Waals surface area contributed by atoms with Gasteiger partial charge in [0.25, 0.3) is 5.69 Å². The Hall–Kier alpha value is -1.95. The van der Waals surface area contributed by atoms with Crippen molar-refractivity contribution >= 4 is 17.3 Å². The molecule has 0 bridgehead atoms. The number of carbonyl (C=O) groups is 1. The van der Waals surface area contributed by atoms with Gasteiger partial charge in [-0.15, -0.1) is 0 Å². The summed E-state index contributed by atoms with van der Waals surface area (Å²) in [5, 5.41) is 13.3. The second kappa shape index (κ2) is 5.40. The van der Waals surface area contributed by atoms with Gasteiger partial charge in [-0.2, -0.15) is 0 Å². The summed E-state index contributed by atoms with van der Waals surface area (Å²) in [7, 11) is 0. The lowest BCUT2D eigenvalue weighted by atomic mass is 10.1. The van der Waals surface area contributed by atoms with E-state index in [4.69, 9.17) is 5.73 Å². The fourth-order valence-corrected chi connectivity index (χ4v) is 1.26. The lowest BCUT2D eigenvalue weighted by Gasteiger charge is -2.10. The van der Waals surface area contributed by atoms with E-state index in [1.807, 2.05) is 0 Å². The van der Waals surface area contributed by atoms with Gasteiger partial charge in [0.2, 0.25) is 5.91 Å². The van der Waals surface area contributed by atoms with Crippen molar-refractivity contribution in [3.05, 3.63) is 33.9 Å². The van der Waals surface area contributed by atoms with Crippen LogP contribution in [0.15, 0.2) is 18.2 Å². The number of amides is 1. The summed E-state index contributed by atoms with van der Waals surface area (Å²) in [5.41, 5.74) is 6.21. The third-order valence-electron chi connectivity index (χ3n) is 2.41. The Morgan fingerprint density at radius 3 is 2.76 bits per heavy atom. The van der Waals surface area contributed by atoms with E-state index in [-0.39, 0.29) is 29.7 Å². The molecule has 0 saturated heterocycles. The fourth-order valence-electron chi connectivity index (χ4n) is 1.26. The normalized spacial score (nSPS) is 11.9. The summed E-state index contributed by atoms with van der Waals surface area (Å²) < 4.78 is 0. The van der Waals surface area contributed by atoms with Gasteiger partial charge >= 0.3 is 0 Å². The molecule has 0 saturated carbocycles. The number of benzene rings is 1. The predicted molar refractivity (Wildman–Crippen MR) is 64.7 cm³/mol. The van der Waals surface area contributed by atoms with Crippen LogP contribution in [0, 0.1) is 23.0 Å². The molecule has 1 unspecified atom stereocenters. The second-order valence-electron chi connectivity index (χ2n) is 3.90. The van der Waals surface area contributed by atoms with Gasteiger partial charge in [-0.25, -0.2) is 0 Å². The molecule has 0 heterocycles. The van der Waals surface area contributed by atoms with Crippen LogP contribution in [0.2, 0.25) is 0 Å². The largest absolute Gasteiger partial charge is 0.330 e. The standard InChI is InChI=1S/C11H15N3O3/c1-7-3-4-9(10(5-7)14(16)17)13-11(15)8(2)6-12/h3-5,8H,6,12H2,1-2H3,(H,13,15). The van der Waals surface area contributed by atoms with Crippen molar-refractivity contribution in [1.82, 2.24) is 0 Å². The van der Waals surface area contributed by atoms with Gasteiger partial charge in [-0.3, -0.25) is 14.9 Å². The van der Waals surface area contributed by atoms with Crippen molar-refractivity contribution in [2.24, 2.45) is 11.7 Å². The van der Waals surface area contributed by atoms with E-state index in [0.717, 1.165) is 5.56 Å². The molecule has 17 heavy (non-hydrogen) atoms. The zero-order valence-corrected chi connectivity index (χ0v) is 9.77. The van der Waals surface area contributed by atoms with Crippen LogP contribution in [0.1, 0.15) is 12.5 Å². The number of nitro groups is 1. The van der Waals surface area contributed by atoms with Gasteiger partial charge in [-0.05, 0) is 18.6 Å². The highest BCUT2D eigenvalue weighted by atomic mass is 16.6. The molecule has 0 radical (unpaired) electrons. The molecule has 0 aliphatic carbocycles. The van der Waals surface area contributed by atoms with Crippen LogP contribution >= 0.6 is 0 Å². The highest BCUT2D eigenvalue weighted by Gasteiger charge is 2.18. The maximum Gasteiger partial charge on any atom is 0.293 e. The number of carbonyl (C=O) groups excluding carboxylic acids is 1. The molecule has 1 rings (SSSR count). The van der Waals surface area contributed by atoms with Gasteiger partial charge in [0, 0.05) is 18.5 Å². The third-order valence-corrected chi connectivity index (χ3v) is 2.41. The van der Waals surface area contributed by atoms with E-state index in [2.05, 4.69) is 5.32 Å². The number of aryl methyl sites for hydroxylation is 1. The van der Waals surface area contributed by atoms with Crippen LogP contribution in [0.3, 0.4) is 0 Å². The maximum absolute atomic E-state index is 11.6. The maximum atomic E-state index is 11.6. The number of hydrogen-bond donors (Lipinski definition) is 2. The topological polar surface area (TPSA) is 98.3 Å². The number of nitro benzene ring substituents is 1. The first-order valence-electron chi connectivity index (χ1n) is 5.21. The van der Waals surface area contributed by atoms with Gasteiger partial charge in [0.1, 0.15) is 5.69 Å². The van der Waals surface area contributed by atoms with Crippen molar-refractivity contribution in [2.75, 3.05) is 11.9 Å². The van der Waals surface area contributed by atoms with Crippen molar-refractivity contribution in [3.8, 4) is 0 Å². The molecule has 0 fully saturated rings. The highest BCUT2D eigenvalue weighted by Crippen LogP contribution is 2.25. The number of nitrogens with zero attached hydrogens (tertiary/aromatic N) is 1. The summed E-state index contributed by atoms with van der Waals surface area (Å²) in [5.74, 6) is -0.699. The monoisotopic (exact) mass is 237 g/mol. The van der Waals surface area contributed by atoms with E-state index >= 15 is 0 Å². The Morgan fingerprint density at radius 1 is 1.59 bits per heavy atom. The minimum Gasteiger partial charge on any atom is -0.330 e. The van der Waals surface area contributed by atoms with Crippen LogP contribution in [-0.4, -0.2) is 17.4 Å². The molecule has 92 valence electrons. The minimum absolute atomic E-state index is 0.109. The Kier molecular flexibility index (Phi) is 4.17. The average Bonchev–Trinajstić information content (AvgIpc) is 2.29. The molecule has 6 heteroatoms. The zero-order chi connectivity index (χ0) is 13.0. The SMILES string of the molecule is Cc1ccc(NC(=O)C(C)CN)c([N+](=O)[O-])c1. The summed E-state index contributed by atoms with van der Waals surface area (Å²) >= 11 is 0. The molecule has 1 amide bonds. The Bertz CT molecular complexity index is 446. The summed E-state index contributed by atoms with van der Waals surface area (Å²) in [4.78, 5) is 21.9. The highest BCUT2D eigenvalue weighted by molar-refractivity contribution is 5.94. The quantitative estimate of drug-likeness (QED) is 0.611. The van der Waals surface area contributed by atoms with Gasteiger partial charge in [0.15, 0.2) is 0 Å². The van der Waals surface area contributed by atoms with Crippen LogP contribution in [0.5, 0.6) is 0 Å². The molecule has 1 aromatic rings. The molecule has 6 nitrogen and oxygen atoms in total. The first-order chi connectivity index (χ1) is 7.95. The molecular formula is C11H15N3O3. The zero-order valence-electron chi connectivity index (χ0n) is 9.77. The van der Waals surface area contributed by atoms with E-state index in [9.17, 15) is 14.9 Å². The summed E-state index contributed by atoms with van der Waals surface area (Å²) in [6.45, 7) is 3.61. The summed E-state index contributed by atoms with van der Waals surface area (Å²) in [6.07, 6.45) is 0. The number of nitrogens with two attached hydrogens (primary N) is 1. The minimum atomic E-state index is -0.518. The van der Waals surface area contributed by atoms with Crippen molar-refractivity contribution in [2.45, 2.75) is 13.8 Å². The van der Waals surface area contributed by atoms with E-state index in [1.54, 1.807) is 19.9 Å². The fraction of sp³-hybridized carbons (Fsp3) is 0.364. The van der Waals surface area contributed by atoms with E-state index in [0.29, 0.717) is 0 Å². The molecule has 0 aliphatic heterocycles. The Balaban J connectivity index is 2.98. The Labute approximate surface area is 99.0 Å². The lowest BCUT2D eigenvalue weighted by molar-refractivity contribution is -0.384. The van der Waals surface area contributed by atoms with Gasteiger partial charge in [-0.1, -0.05) is 13.0 Å². The summed E-state index contributed by atoms with van der Waals surface area (Å²) in [6, 6.07) is 4.65. The molecule has 0 aliphatic rings. The van der Waals surface area contributed by atoms with E-state index < -0.39 is 4.92 Å². The number of hydrogen-bond acceptors (Lipinski definition) is 4. The number of rotatable bonds is 4. The second-order valence-corrected chi connectivity index (χ2v) is 3.90. The van der Waals surface area contributed by atoms with Crippen LogP contribution in [0.25, 0.3) is 0 Å². The smallest absolute Gasteiger partial charge is 0.293 e. The predicted octanol–water partition coefficient (Wildman–Crippen LogP) is 1.44. The van der Waals surface area contributed by atoms with Gasteiger partial charge < -0.3 is 11.1 Å². The molecular weight excluding hydrogens is 222 g/mol. The number of nitrogens with one attached hydrogen (secondary N) is 1. The molecule has 1 atom stereocenters. The lowest BCUT2D eigenvalue weighted by Crippen LogP contribution is -2.26. The van der Waals surface area contributed by atoms with Crippen LogP contribution in [-0.2, 0) is 4.79 Å². The van der Waals surface area contributed by atoms with Crippen LogP contribution < -0.4 is 11.1 Å². The van der Waals surface area contributed by atoms with Crippen LogP contribution in [0.4, 0.5) is 11.4 Å². The molecule has 1 aromatic carbocycles. The third kappa shape index (κ3) is 3.25. The van der Waals surface area contributed by atoms with Crippen molar-refractivity contribution in [3.63, 3.8) is 0 Å². The Morgan fingerprint density at radius 2 is 2.24 bits per heavy atom. The number of anilines is 1. The first-order valence-corrected chi connectivity index (χ1v) is 5.21. The van der Waals surface area contributed by atoms with Crippen molar-refractivity contribution in [1.29, 1.82) is 0 Å². The molecule has 3 N–H and O–H groups in total. The van der Waals surface area contributed by atoms with Crippen molar-refractivity contribution < 1.29 is 9.72 Å².